The molecule has 1 N–H and O–H groups in total. The van der Waals surface area contributed by atoms with Crippen molar-refractivity contribution in [3.8, 4) is 11.5 Å². The number of anilines is 1. The zero-order chi connectivity index (χ0) is 36.9. The summed E-state index contributed by atoms with van der Waals surface area (Å²) in [5.41, 5.74) is 3.51. The molecule has 7 rings (SSSR count). The van der Waals surface area contributed by atoms with Crippen molar-refractivity contribution >= 4 is 39.8 Å². The number of urea groups is 1. The van der Waals surface area contributed by atoms with Crippen LogP contribution in [0.15, 0.2) is 77.4 Å². The molecule has 1 saturated carbocycles. The Kier molecular flexibility index (Phi) is 11.9. The molecule has 2 aromatic carbocycles. The minimum atomic E-state index is -2.54. The summed E-state index contributed by atoms with van der Waals surface area (Å²) in [5.74, 6) is 1.14. The number of nitrogens with one attached hydrogen (secondary N) is 1. The van der Waals surface area contributed by atoms with Gasteiger partial charge in [0, 0.05) is 43.2 Å². The van der Waals surface area contributed by atoms with Crippen LogP contribution in [-0.4, -0.2) is 77.0 Å². The Morgan fingerprint density at radius 1 is 1.04 bits per heavy atom. The van der Waals surface area contributed by atoms with Crippen molar-refractivity contribution in [1.29, 1.82) is 0 Å². The highest BCUT2D eigenvalue weighted by Crippen LogP contribution is 2.42. The molecule has 1 aliphatic carbocycles. The molecule has 0 radical (unpaired) electrons. The number of methoxy groups -OCH3 is 1. The lowest BCUT2D eigenvalue weighted by Crippen LogP contribution is -2.60. The van der Waals surface area contributed by atoms with Crippen LogP contribution in [0.1, 0.15) is 60.5 Å². The molecule has 53 heavy (non-hydrogen) atoms. The fourth-order valence-corrected chi connectivity index (χ4v) is 9.07. The average Bonchev–Trinajstić information content (AvgIpc) is 3.15. The molecule has 1 aromatic heterocycles. The van der Waals surface area contributed by atoms with Gasteiger partial charge in [-0.1, -0.05) is 36.7 Å². The van der Waals surface area contributed by atoms with Gasteiger partial charge in [-0.05, 0) is 110 Å². The molecule has 2 bridgehead atoms. The molecular formula is C40H48ClN5O6S. The monoisotopic (exact) mass is 761 g/mol. The number of rotatable bonds is 4. The molecule has 3 aromatic rings. The van der Waals surface area contributed by atoms with Crippen molar-refractivity contribution in [1.82, 2.24) is 15.2 Å². The number of carbonyl (C=O) groups is 2. The highest BCUT2D eigenvalue weighted by Gasteiger charge is 2.38. The molecule has 0 spiro atoms. The van der Waals surface area contributed by atoms with Crippen LogP contribution < -0.4 is 19.7 Å². The molecule has 11 nitrogen and oxygen atoms in total. The van der Waals surface area contributed by atoms with Crippen molar-refractivity contribution < 1.29 is 28.0 Å². The summed E-state index contributed by atoms with van der Waals surface area (Å²) < 4.78 is 36.6. The molecule has 6 atom stereocenters. The first kappa shape index (κ1) is 37.2. The zero-order valence-corrected chi connectivity index (χ0v) is 31.9. The Hall–Kier alpha value is -4.13. The second kappa shape index (κ2) is 16.9. The Morgan fingerprint density at radius 2 is 1.87 bits per heavy atom. The lowest BCUT2D eigenvalue weighted by atomic mass is 9.70. The lowest BCUT2D eigenvalue weighted by molar-refractivity contribution is 0.0133. The third-order valence-electron chi connectivity index (χ3n) is 11.0. The van der Waals surface area contributed by atoms with Crippen molar-refractivity contribution in [2.24, 2.45) is 22.1 Å². The van der Waals surface area contributed by atoms with Gasteiger partial charge in [-0.25, -0.2) is 4.79 Å². The third-order valence-corrected chi connectivity index (χ3v) is 12.7. The number of carbonyl (C=O) groups excluding carboxylic acids is 2. The first-order chi connectivity index (χ1) is 25.7. The second-order valence-corrected chi connectivity index (χ2v) is 16.4. The SMILES string of the molecule is CO[C@H]1/C=C/C[C@H](C)C(NC(=O)N2CC(Oc3ccncc3)C2)/[SH](=O)=N\C(=O)c2ccc3c(c2)N(Cc2ccc(Cl)cc2CCCCO3)C[C@@H]2CC[C@H]21. The van der Waals surface area contributed by atoms with Crippen LogP contribution in [0.2, 0.25) is 5.02 Å². The van der Waals surface area contributed by atoms with E-state index in [1.54, 1.807) is 42.6 Å². The Labute approximate surface area is 318 Å². The highest BCUT2D eigenvalue weighted by molar-refractivity contribution is 7.76. The molecule has 3 aliphatic heterocycles. The standard InChI is InChI=1S/C40H48ClN5O6S/c1-26-6-5-8-36(50-2)34-13-10-30(34)23-45-22-29-9-12-31(41)20-27(29)7-3-4-19-51-37-14-11-28(21-35(37)45)38(47)44-53(49)39(26)43-40(48)46-24-33(25-46)52-32-15-17-42-18-16-32/h5,8-9,11-12,14-18,20-21,26,30,33-34,36,39,53H,3-4,6-7,10,13,19,22-25H2,1-2H3,(H,43,48)/b8-5+/t26-,30-,34+,36-,39?/m0/s1. The van der Waals surface area contributed by atoms with Crippen LogP contribution in [0.3, 0.4) is 0 Å². The molecule has 4 heterocycles. The van der Waals surface area contributed by atoms with E-state index in [-0.39, 0.29) is 24.2 Å². The molecule has 282 valence electrons. The lowest BCUT2D eigenvalue weighted by Gasteiger charge is -2.43. The second-order valence-electron chi connectivity index (χ2n) is 14.6. The topological polar surface area (TPSA) is 123 Å². The predicted molar refractivity (Wildman–Crippen MR) is 206 cm³/mol. The van der Waals surface area contributed by atoms with Gasteiger partial charge >= 0.3 is 6.03 Å². The minimum absolute atomic E-state index is 0.0996. The van der Waals surface area contributed by atoms with E-state index in [1.165, 1.54) is 11.1 Å². The first-order valence-electron chi connectivity index (χ1n) is 18.6. The minimum Gasteiger partial charge on any atom is -0.491 e. The number of benzene rings is 2. The number of halogens is 1. The van der Waals surface area contributed by atoms with Crippen molar-refractivity contribution in [3.63, 3.8) is 0 Å². The number of ether oxygens (including phenoxy) is 3. The van der Waals surface area contributed by atoms with Crippen LogP contribution in [0, 0.1) is 17.8 Å². The zero-order valence-electron chi connectivity index (χ0n) is 30.2. The molecule has 3 amide bonds. The number of allylic oxidation sites excluding steroid dienone is 1. The Morgan fingerprint density at radius 3 is 2.64 bits per heavy atom. The molecule has 1 saturated heterocycles. The number of aromatic nitrogens is 1. The number of fused-ring (bicyclic) bond motifs is 3. The van der Waals surface area contributed by atoms with Crippen LogP contribution in [0.5, 0.6) is 11.5 Å². The Bertz CT molecular complexity index is 1900. The van der Waals surface area contributed by atoms with Gasteiger partial charge in [0.15, 0.2) is 0 Å². The van der Waals surface area contributed by atoms with Crippen LogP contribution in [0.4, 0.5) is 10.5 Å². The fourth-order valence-electron chi connectivity index (χ4n) is 7.67. The van der Waals surface area contributed by atoms with E-state index in [0.717, 1.165) is 44.3 Å². The number of aryl methyl sites for hydroxylation is 1. The number of pyridine rings is 1. The fraction of sp³-hybridized carbons (Fsp3) is 0.475. The summed E-state index contributed by atoms with van der Waals surface area (Å²) in [5, 5.41) is 2.80. The Balaban J connectivity index is 1.19. The molecule has 2 unspecified atom stereocenters. The van der Waals surface area contributed by atoms with E-state index in [2.05, 4.69) is 37.8 Å². The van der Waals surface area contributed by atoms with E-state index in [1.807, 2.05) is 31.2 Å². The average molecular weight is 762 g/mol. The van der Waals surface area contributed by atoms with Gasteiger partial charge in [0.25, 0.3) is 5.91 Å². The van der Waals surface area contributed by atoms with Gasteiger partial charge < -0.3 is 29.3 Å². The van der Waals surface area contributed by atoms with E-state index in [9.17, 15) is 13.8 Å². The highest BCUT2D eigenvalue weighted by atomic mass is 35.5. The third kappa shape index (κ3) is 8.82. The normalized spacial score (nSPS) is 27.6. The van der Waals surface area contributed by atoms with Gasteiger partial charge in [-0.3, -0.25) is 14.0 Å². The van der Waals surface area contributed by atoms with Crippen molar-refractivity contribution in [3.05, 3.63) is 94.8 Å². The van der Waals surface area contributed by atoms with Crippen molar-refractivity contribution in [2.45, 2.75) is 69.6 Å². The predicted octanol–water partition coefficient (Wildman–Crippen LogP) is 6.70. The van der Waals surface area contributed by atoms with E-state index >= 15 is 0 Å². The maximum absolute atomic E-state index is 14.0. The molecule has 4 aliphatic rings. The van der Waals surface area contributed by atoms with Crippen LogP contribution in [-0.2, 0) is 28.3 Å². The van der Waals surface area contributed by atoms with Crippen LogP contribution >= 0.6 is 11.6 Å². The van der Waals surface area contributed by atoms with E-state index in [4.69, 9.17) is 25.8 Å². The van der Waals surface area contributed by atoms with Gasteiger partial charge in [0.05, 0.1) is 42.1 Å². The molecular weight excluding hydrogens is 714 g/mol. The largest absolute Gasteiger partial charge is 0.491 e. The number of thiol groups is 1. The van der Waals surface area contributed by atoms with E-state index < -0.39 is 21.9 Å². The summed E-state index contributed by atoms with van der Waals surface area (Å²) in [6.07, 6.45) is 12.5. The summed E-state index contributed by atoms with van der Waals surface area (Å²) in [4.78, 5) is 35.2. The number of nitrogens with zero attached hydrogens (tertiary/aromatic N) is 4. The molecule has 2 fully saturated rings. The van der Waals surface area contributed by atoms with Gasteiger partial charge in [-0.2, -0.15) is 4.36 Å². The van der Waals surface area contributed by atoms with Gasteiger partial charge in [0.1, 0.15) is 23.0 Å². The summed E-state index contributed by atoms with van der Waals surface area (Å²) in [7, 11) is -0.792. The number of hydrogen-bond donors (Lipinski definition) is 2. The maximum atomic E-state index is 14.0. The number of likely N-dealkylation sites (tertiary alicyclic amines) is 1. The molecule has 13 heteroatoms. The van der Waals surface area contributed by atoms with E-state index in [0.29, 0.717) is 66.6 Å². The smallest absolute Gasteiger partial charge is 0.318 e. The van der Waals surface area contributed by atoms with Gasteiger partial charge in [-0.15, -0.1) is 0 Å². The first-order valence-corrected chi connectivity index (χ1v) is 20.2. The summed E-state index contributed by atoms with van der Waals surface area (Å²) in [6, 6.07) is 14.6. The summed E-state index contributed by atoms with van der Waals surface area (Å²) >= 11 is 6.47. The van der Waals surface area contributed by atoms with Crippen molar-refractivity contribution in [2.75, 3.05) is 38.3 Å². The maximum Gasteiger partial charge on any atom is 0.318 e. The number of amides is 3. The number of hydrogen-bond acceptors (Lipinski definition) is 8. The quantitative estimate of drug-likeness (QED) is 0.223. The van der Waals surface area contributed by atoms with Gasteiger partial charge in [0.2, 0.25) is 0 Å². The van der Waals surface area contributed by atoms with Crippen LogP contribution in [0.25, 0.3) is 0 Å². The summed E-state index contributed by atoms with van der Waals surface area (Å²) in [6.45, 7) is 4.58.